The van der Waals surface area contributed by atoms with Crippen LogP contribution in [0.2, 0.25) is 0 Å². The molecule has 0 unspecified atom stereocenters. The van der Waals surface area contributed by atoms with Gasteiger partial charge in [-0.3, -0.25) is 14.6 Å². The number of fused-ring (bicyclic) bond motifs is 1. The zero-order valence-electron chi connectivity index (χ0n) is 14.2. The summed E-state index contributed by atoms with van der Waals surface area (Å²) in [6, 6.07) is 11.6. The second-order valence-corrected chi connectivity index (χ2v) is 6.16. The van der Waals surface area contributed by atoms with E-state index in [1.165, 1.54) is 12.1 Å². The van der Waals surface area contributed by atoms with Crippen molar-refractivity contribution in [1.82, 2.24) is 4.98 Å². The fraction of sp³-hybridized carbons (Fsp3) is 0.105. The third kappa shape index (κ3) is 5.29. The zero-order chi connectivity index (χ0) is 19.8. The molecule has 0 aliphatic carbocycles. The number of hydrogen-bond acceptors (Lipinski definition) is 7. The van der Waals surface area contributed by atoms with Crippen molar-refractivity contribution in [2.45, 2.75) is 6.92 Å². The van der Waals surface area contributed by atoms with Crippen LogP contribution in [-0.4, -0.2) is 40.2 Å². The van der Waals surface area contributed by atoms with Crippen LogP contribution in [0.4, 0.5) is 0 Å². The third-order valence-corrected chi connectivity index (χ3v) is 4.30. The van der Waals surface area contributed by atoms with Crippen LogP contribution >= 0.6 is 11.3 Å². The van der Waals surface area contributed by atoms with Crippen LogP contribution in [0.1, 0.15) is 27.0 Å². The van der Waals surface area contributed by atoms with E-state index in [4.69, 9.17) is 9.84 Å². The van der Waals surface area contributed by atoms with E-state index in [-0.39, 0.29) is 12.2 Å². The quantitative estimate of drug-likeness (QED) is 0.311. The second-order valence-electron chi connectivity index (χ2n) is 5.07. The molecule has 0 fully saturated rings. The fourth-order valence-corrected chi connectivity index (χ4v) is 3.01. The van der Waals surface area contributed by atoms with Gasteiger partial charge in [-0.25, -0.2) is 9.59 Å². The highest BCUT2D eigenvalue weighted by atomic mass is 32.1. The Bertz CT molecular complexity index is 954. The number of carboxylic acids is 1. The first-order valence-electron chi connectivity index (χ1n) is 7.81. The molecule has 3 rings (SSSR count). The summed E-state index contributed by atoms with van der Waals surface area (Å²) in [5, 5.41) is 9.24. The third-order valence-electron chi connectivity index (χ3n) is 3.23. The molecule has 0 atom stereocenters. The molecule has 0 bridgehead atoms. The number of ether oxygens (including phenoxy) is 1. The van der Waals surface area contributed by atoms with Crippen molar-refractivity contribution in [3.8, 4) is 0 Å². The lowest BCUT2D eigenvalue weighted by Crippen LogP contribution is -2.23. The van der Waals surface area contributed by atoms with Crippen molar-refractivity contribution in [3.05, 3.63) is 65.3 Å². The number of carboxylic acid groups (broad SMARTS) is 1. The van der Waals surface area contributed by atoms with Gasteiger partial charge >= 0.3 is 17.7 Å². The fourth-order valence-electron chi connectivity index (χ4n) is 2.02. The standard InChI is InChI=1S/C14H10O6S.C5H5N/c1-2-20-14(19)10-5-7-3-4-8(6-9(7)21-10)11(15)12(16)13(17)18;1-2-4-6-5-3-1/h3-6H,2H2,1H3,(H,17,18);1-5H. The predicted molar refractivity (Wildman–Crippen MR) is 99.0 cm³/mol. The van der Waals surface area contributed by atoms with Crippen molar-refractivity contribution >= 4 is 44.9 Å². The number of aliphatic carboxylic acids is 1. The Morgan fingerprint density at radius 2 is 1.78 bits per heavy atom. The summed E-state index contributed by atoms with van der Waals surface area (Å²) in [5.74, 6) is -4.83. The molecule has 7 nitrogen and oxygen atoms in total. The van der Waals surface area contributed by atoms with Crippen LogP contribution in [0.3, 0.4) is 0 Å². The molecule has 0 amide bonds. The van der Waals surface area contributed by atoms with Gasteiger partial charge in [-0.1, -0.05) is 18.2 Å². The molecule has 1 aromatic carbocycles. The van der Waals surface area contributed by atoms with Crippen LogP contribution in [0.5, 0.6) is 0 Å². The number of nitrogens with zero attached hydrogens (tertiary/aromatic N) is 1. The number of rotatable bonds is 5. The van der Waals surface area contributed by atoms with Crippen molar-refractivity contribution < 1.29 is 29.0 Å². The van der Waals surface area contributed by atoms with E-state index >= 15 is 0 Å². The molecule has 138 valence electrons. The topological polar surface area (TPSA) is 111 Å². The van der Waals surface area contributed by atoms with Crippen molar-refractivity contribution in [2.75, 3.05) is 6.61 Å². The lowest BCUT2D eigenvalue weighted by molar-refractivity contribution is -0.146. The molecule has 2 heterocycles. The van der Waals surface area contributed by atoms with Gasteiger partial charge in [-0.2, -0.15) is 0 Å². The lowest BCUT2D eigenvalue weighted by Gasteiger charge is -1.97. The lowest BCUT2D eigenvalue weighted by atomic mass is 10.1. The van der Waals surface area contributed by atoms with Gasteiger partial charge in [0, 0.05) is 22.7 Å². The Labute approximate surface area is 158 Å². The van der Waals surface area contributed by atoms with Gasteiger partial charge in [-0.05, 0) is 36.6 Å². The van der Waals surface area contributed by atoms with E-state index in [9.17, 15) is 19.2 Å². The first kappa shape index (κ1) is 19.9. The summed E-state index contributed by atoms with van der Waals surface area (Å²) in [4.78, 5) is 49.1. The molecule has 0 radical (unpaired) electrons. The van der Waals surface area contributed by atoms with E-state index in [0.717, 1.165) is 11.3 Å². The van der Waals surface area contributed by atoms with E-state index in [2.05, 4.69) is 4.98 Å². The molecule has 0 spiro atoms. The van der Waals surface area contributed by atoms with E-state index in [1.807, 2.05) is 18.2 Å². The van der Waals surface area contributed by atoms with Gasteiger partial charge in [0.05, 0.1) is 6.61 Å². The zero-order valence-corrected chi connectivity index (χ0v) is 15.1. The Hall–Kier alpha value is -3.39. The minimum atomic E-state index is -1.79. The SMILES string of the molecule is CCOC(=O)c1cc2ccc(C(=O)C(=O)C(=O)O)cc2s1.c1ccncc1. The molecule has 8 heteroatoms. The molecule has 0 saturated heterocycles. The molecule has 27 heavy (non-hydrogen) atoms. The molecule has 2 aromatic heterocycles. The van der Waals surface area contributed by atoms with E-state index < -0.39 is 23.5 Å². The number of esters is 1. The number of pyridine rings is 1. The minimum Gasteiger partial charge on any atom is -0.475 e. The van der Waals surface area contributed by atoms with Crippen molar-refractivity contribution in [1.29, 1.82) is 0 Å². The predicted octanol–water partition coefficient (Wildman–Crippen LogP) is 3.00. The number of aromatic nitrogens is 1. The first-order chi connectivity index (χ1) is 12.9. The van der Waals surface area contributed by atoms with Crippen LogP contribution in [0, 0.1) is 0 Å². The minimum absolute atomic E-state index is 0.0211. The average Bonchev–Trinajstić information content (AvgIpc) is 3.12. The number of Topliss-reactive ketones (excluding diaryl/α,β-unsaturated/α-hetero) is 2. The molecular formula is C19H15NO6S. The Balaban J connectivity index is 0.000000369. The second kappa shape index (κ2) is 9.35. The maximum Gasteiger partial charge on any atom is 0.380 e. The number of carbonyl (C=O) groups excluding carboxylic acids is 3. The molecular weight excluding hydrogens is 370 g/mol. The maximum absolute atomic E-state index is 11.7. The van der Waals surface area contributed by atoms with E-state index in [1.54, 1.807) is 31.5 Å². The van der Waals surface area contributed by atoms with Gasteiger partial charge in [0.15, 0.2) is 0 Å². The number of hydrogen-bond donors (Lipinski definition) is 1. The highest BCUT2D eigenvalue weighted by Gasteiger charge is 2.24. The normalized spacial score (nSPS) is 9.81. The molecule has 0 saturated carbocycles. The first-order valence-corrected chi connectivity index (χ1v) is 8.63. The summed E-state index contributed by atoms with van der Waals surface area (Å²) in [6.45, 7) is 1.95. The highest BCUT2D eigenvalue weighted by Crippen LogP contribution is 2.27. The smallest absolute Gasteiger partial charge is 0.380 e. The number of ketones is 2. The summed E-state index contributed by atoms with van der Waals surface area (Å²) in [7, 11) is 0. The maximum atomic E-state index is 11.7. The van der Waals surface area contributed by atoms with Crippen LogP contribution in [0.15, 0.2) is 54.9 Å². The van der Waals surface area contributed by atoms with Gasteiger partial charge in [-0.15, -0.1) is 11.3 Å². The Morgan fingerprint density at radius 1 is 1.07 bits per heavy atom. The molecule has 1 N–H and O–H groups in total. The van der Waals surface area contributed by atoms with Gasteiger partial charge in [0.1, 0.15) is 4.88 Å². The number of benzene rings is 1. The highest BCUT2D eigenvalue weighted by molar-refractivity contribution is 7.20. The Morgan fingerprint density at radius 3 is 2.30 bits per heavy atom. The number of thiophene rings is 1. The summed E-state index contributed by atoms with van der Waals surface area (Å²) < 4.78 is 5.48. The van der Waals surface area contributed by atoms with E-state index in [0.29, 0.717) is 15.0 Å². The Kier molecular flexibility index (Phi) is 6.90. The van der Waals surface area contributed by atoms with Gasteiger partial charge in [0.2, 0.25) is 5.78 Å². The largest absolute Gasteiger partial charge is 0.475 e. The summed E-state index contributed by atoms with van der Waals surface area (Å²) in [5.41, 5.74) is -0.0211. The summed E-state index contributed by atoms with van der Waals surface area (Å²) >= 11 is 1.11. The summed E-state index contributed by atoms with van der Waals surface area (Å²) in [6.07, 6.45) is 3.50. The van der Waals surface area contributed by atoms with Crippen LogP contribution in [-0.2, 0) is 14.3 Å². The molecule has 3 aromatic rings. The van der Waals surface area contributed by atoms with Crippen molar-refractivity contribution in [3.63, 3.8) is 0 Å². The molecule has 0 aliphatic heterocycles. The monoisotopic (exact) mass is 385 g/mol. The van der Waals surface area contributed by atoms with Crippen LogP contribution < -0.4 is 0 Å². The van der Waals surface area contributed by atoms with Crippen LogP contribution in [0.25, 0.3) is 10.1 Å². The number of carbonyl (C=O) groups is 4. The average molecular weight is 385 g/mol. The van der Waals surface area contributed by atoms with Gasteiger partial charge < -0.3 is 9.84 Å². The van der Waals surface area contributed by atoms with Crippen molar-refractivity contribution in [2.24, 2.45) is 0 Å². The molecule has 0 aliphatic rings. The van der Waals surface area contributed by atoms with Gasteiger partial charge in [0.25, 0.3) is 0 Å².